The molecule has 0 saturated carbocycles. The van der Waals surface area contributed by atoms with Gasteiger partial charge in [-0.2, -0.15) is 0 Å². The Balaban J connectivity index is -0.0000000546. The van der Waals surface area contributed by atoms with Gasteiger partial charge in [-0.3, -0.25) is 0 Å². The van der Waals surface area contributed by atoms with E-state index in [1.54, 1.807) is 0 Å². The molecule has 0 aliphatic carbocycles. The largest absolute Gasteiger partial charge is 0.412 e. The summed E-state index contributed by atoms with van der Waals surface area (Å²) in [7, 11) is 0. The van der Waals surface area contributed by atoms with Crippen molar-refractivity contribution in [3.8, 4) is 0 Å². The summed E-state index contributed by atoms with van der Waals surface area (Å²) in [4.78, 5) is 0. The normalized spacial score (nSPS) is 10.4. The molecule has 0 heterocycles. The van der Waals surface area contributed by atoms with Gasteiger partial charge in [0.05, 0.1) is 25.9 Å². The van der Waals surface area contributed by atoms with Crippen molar-refractivity contribution in [1.82, 2.24) is 0 Å². The van der Waals surface area contributed by atoms with Crippen molar-refractivity contribution in [2.24, 2.45) is 0 Å². The first kappa shape index (κ1) is 23.0. The van der Waals surface area contributed by atoms with E-state index in [2.05, 4.69) is 0 Å². The molecule has 86 valence electrons. The third-order valence-corrected chi connectivity index (χ3v) is 0.686. The number of hydrogen-bond donors (Lipinski definition) is 5. The van der Waals surface area contributed by atoms with E-state index in [9.17, 15) is 0 Å². The molecule has 0 rings (SSSR count). The first-order valence-electron chi connectivity index (χ1n) is 3.27. The summed E-state index contributed by atoms with van der Waals surface area (Å²) >= 11 is 0. The van der Waals surface area contributed by atoms with Gasteiger partial charge in [-0.1, -0.05) is 0 Å². The van der Waals surface area contributed by atoms with E-state index in [0.29, 0.717) is 0 Å². The second-order valence-electron chi connectivity index (χ2n) is 2.05. The van der Waals surface area contributed by atoms with Crippen LogP contribution in [0.4, 0.5) is 0 Å². The summed E-state index contributed by atoms with van der Waals surface area (Å²) in [6.45, 7) is 0.660. The molecule has 13 heavy (non-hydrogen) atoms. The molecular weight excluding hydrogens is 184 g/mol. The van der Waals surface area contributed by atoms with Crippen LogP contribution in [0.25, 0.3) is 0 Å². The van der Waals surface area contributed by atoms with Crippen molar-refractivity contribution in [3.05, 3.63) is 0 Å². The Morgan fingerprint density at radius 3 is 1.08 bits per heavy atom. The summed E-state index contributed by atoms with van der Waals surface area (Å²) in [5.74, 6) is 0. The molecule has 0 bridgehead atoms. The van der Waals surface area contributed by atoms with E-state index >= 15 is 0 Å². The average Bonchev–Trinajstić information content (AvgIpc) is 2.04. The standard InChI is InChI=1S/C3H8O3.C3H8O2.2H2O/c4-1-3(6)2-5;1-3(5)2-4;;/h3-6H,1-2H2;3-5H,2H2,1H3;2*1H2. The monoisotopic (exact) mass is 204 g/mol. The predicted octanol–water partition coefficient (Wildman–Crippen LogP) is -3.96. The van der Waals surface area contributed by atoms with Gasteiger partial charge in [-0.15, -0.1) is 0 Å². The van der Waals surface area contributed by atoms with Gasteiger partial charge in [-0.05, 0) is 6.92 Å². The quantitative estimate of drug-likeness (QED) is 0.316. The molecule has 0 aromatic carbocycles. The van der Waals surface area contributed by atoms with E-state index in [1.165, 1.54) is 6.92 Å². The lowest BCUT2D eigenvalue weighted by Crippen LogP contribution is -2.15. The Morgan fingerprint density at radius 1 is 0.846 bits per heavy atom. The Morgan fingerprint density at radius 2 is 1.08 bits per heavy atom. The van der Waals surface area contributed by atoms with Gasteiger partial charge in [0.15, 0.2) is 0 Å². The average molecular weight is 204 g/mol. The zero-order valence-corrected chi connectivity index (χ0v) is 7.51. The molecule has 0 aliphatic rings. The van der Waals surface area contributed by atoms with Crippen molar-refractivity contribution in [1.29, 1.82) is 0 Å². The van der Waals surface area contributed by atoms with Crippen LogP contribution >= 0.6 is 0 Å². The highest BCUT2D eigenvalue weighted by Crippen LogP contribution is 1.71. The molecule has 9 N–H and O–H groups in total. The van der Waals surface area contributed by atoms with Crippen LogP contribution in [0, 0.1) is 0 Å². The lowest BCUT2D eigenvalue weighted by molar-refractivity contribution is 0.0450. The SMILES string of the molecule is CC(O)CO.O.O.OCC(O)CO. The van der Waals surface area contributed by atoms with E-state index in [4.69, 9.17) is 25.5 Å². The van der Waals surface area contributed by atoms with Crippen molar-refractivity contribution < 1.29 is 36.5 Å². The van der Waals surface area contributed by atoms with E-state index < -0.39 is 12.2 Å². The Bertz CT molecular complexity index is 64.0. The lowest BCUT2D eigenvalue weighted by atomic mass is 10.4. The molecule has 0 fully saturated rings. The molecular formula is C6H20O7. The molecule has 0 aromatic rings. The maximum Gasteiger partial charge on any atom is 0.100 e. The highest BCUT2D eigenvalue weighted by molar-refractivity contribution is 4.44. The predicted molar refractivity (Wildman–Crippen MR) is 46.2 cm³/mol. The van der Waals surface area contributed by atoms with Gasteiger partial charge in [0.25, 0.3) is 0 Å². The third kappa shape index (κ3) is 33.8. The minimum atomic E-state index is -0.954. The second-order valence-corrected chi connectivity index (χ2v) is 2.05. The number of aliphatic hydroxyl groups is 5. The first-order valence-corrected chi connectivity index (χ1v) is 3.27. The number of rotatable bonds is 3. The van der Waals surface area contributed by atoms with Crippen LogP contribution < -0.4 is 0 Å². The van der Waals surface area contributed by atoms with Gasteiger partial charge in [0.2, 0.25) is 0 Å². The maximum atomic E-state index is 8.17. The lowest BCUT2D eigenvalue weighted by Gasteiger charge is -1.96. The topological polar surface area (TPSA) is 164 Å². The van der Waals surface area contributed by atoms with Crippen LogP contribution in [0.5, 0.6) is 0 Å². The summed E-state index contributed by atoms with van der Waals surface area (Å²) < 4.78 is 0. The fourth-order valence-corrected chi connectivity index (χ4v) is 0.0577. The Kier molecular flexibility index (Phi) is 31.3. The zero-order chi connectivity index (χ0) is 9.28. The third-order valence-electron chi connectivity index (χ3n) is 0.686. The maximum absolute atomic E-state index is 8.17. The molecule has 0 spiro atoms. The molecule has 0 saturated heterocycles. The first-order chi connectivity index (χ1) is 5.08. The van der Waals surface area contributed by atoms with Crippen LogP contribution in [-0.2, 0) is 0 Å². The molecule has 0 radical (unpaired) electrons. The molecule has 7 heteroatoms. The van der Waals surface area contributed by atoms with Crippen molar-refractivity contribution in [2.45, 2.75) is 19.1 Å². The van der Waals surface area contributed by atoms with Gasteiger partial charge in [0.1, 0.15) is 6.10 Å². The molecule has 0 aliphatic heterocycles. The van der Waals surface area contributed by atoms with Gasteiger partial charge < -0.3 is 36.5 Å². The Hall–Kier alpha value is -0.280. The van der Waals surface area contributed by atoms with E-state index in [0.717, 1.165) is 0 Å². The fourth-order valence-electron chi connectivity index (χ4n) is 0.0577. The highest BCUT2D eigenvalue weighted by Gasteiger charge is 1.93. The minimum absolute atomic E-state index is 0. The summed E-state index contributed by atoms with van der Waals surface area (Å²) in [5.41, 5.74) is 0. The van der Waals surface area contributed by atoms with Crippen LogP contribution in [0.1, 0.15) is 6.92 Å². The van der Waals surface area contributed by atoms with E-state index in [-0.39, 0.29) is 30.8 Å². The molecule has 0 aromatic heterocycles. The molecule has 1 atom stereocenters. The fraction of sp³-hybridized carbons (Fsp3) is 1.00. The smallest absolute Gasteiger partial charge is 0.100 e. The second kappa shape index (κ2) is 17.7. The van der Waals surface area contributed by atoms with E-state index in [1.807, 2.05) is 0 Å². The van der Waals surface area contributed by atoms with Crippen LogP contribution in [0.15, 0.2) is 0 Å². The van der Waals surface area contributed by atoms with Crippen molar-refractivity contribution in [3.63, 3.8) is 0 Å². The number of hydrogen-bond acceptors (Lipinski definition) is 5. The number of aliphatic hydroxyl groups excluding tert-OH is 5. The summed E-state index contributed by atoms with van der Waals surface area (Å²) in [6.07, 6.45) is -1.51. The highest BCUT2D eigenvalue weighted by atomic mass is 16.3. The van der Waals surface area contributed by atoms with Crippen LogP contribution in [0.2, 0.25) is 0 Å². The molecule has 0 amide bonds. The van der Waals surface area contributed by atoms with Gasteiger partial charge >= 0.3 is 0 Å². The van der Waals surface area contributed by atoms with Crippen LogP contribution in [-0.4, -0.2) is 68.5 Å². The van der Waals surface area contributed by atoms with Gasteiger partial charge in [0, 0.05) is 0 Å². The molecule has 7 nitrogen and oxygen atoms in total. The zero-order valence-electron chi connectivity index (χ0n) is 7.51. The molecule has 1 unspecified atom stereocenters. The van der Waals surface area contributed by atoms with Gasteiger partial charge in [-0.25, -0.2) is 0 Å². The minimum Gasteiger partial charge on any atom is -0.412 e. The Labute approximate surface area is 76.5 Å². The summed E-state index contributed by atoms with van der Waals surface area (Å²) in [6, 6.07) is 0. The summed E-state index contributed by atoms with van der Waals surface area (Å²) in [5, 5.41) is 40.0. The van der Waals surface area contributed by atoms with Crippen molar-refractivity contribution in [2.75, 3.05) is 19.8 Å². The van der Waals surface area contributed by atoms with Crippen LogP contribution in [0.3, 0.4) is 0 Å². The van der Waals surface area contributed by atoms with Crippen molar-refractivity contribution >= 4 is 0 Å².